The van der Waals surface area contributed by atoms with Crippen LogP contribution in [0.25, 0.3) is 0 Å². The highest BCUT2D eigenvalue weighted by atomic mass is 32.1. The molecule has 0 fully saturated rings. The zero-order chi connectivity index (χ0) is 20.5. The molecule has 0 aliphatic carbocycles. The second-order valence-electron chi connectivity index (χ2n) is 6.42. The molecule has 0 spiro atoms. The van der Waals surface area contributed by atoms with Crippen molar-refractivity contribution in [2.24, 2.45) is 0 Å². The van der Waals surface area contributed by atoms with Crippen LogP contribution in [0, 0.1) is 0 Å². The Morgan fingerprint density at radius 1 is 0.931 bits per heavy atom. The number of rotatable bonds is 7. The minimum absolute atomic E-state index is 0.278. The Hall–Kier alpha value is -3.18. The van der Waals surface area contributed by atoms with E-state index in [2.05, 4.69) is 17.4 Å². The average molecular weight is 405 g/mol. The third kappa shape index (κ3) is 5.65. The Balaban J connectivity index is 1.65. The fourth-order valence-corrected chi connectivity index (χ4v) is 3.31. The highest BCUT2D eigenvalue weighted by molar-refractivity contribution is 7.80. The third-order valence-corrected chi connectivity index (χ3v) is 4.79. The minimum atomic E-state index is -0.278. The Morgan fingerprint density at radius 2 is 1.55 bits per heavy atom. The van der Waals surface area contributed by atoms with E-state index in [0.29, 0.717) is 29.6 Å². The van der Waals surface area contributed by atoms with Crippen LogP contribution in [-0.4, -0.2) is 24.2 Å². The van der Waals surface area contributed by atoms with Gasteiger partial charge in [0.15, 0.2) is 5.11 Å². The SMILES string of the molecule is CCN(C(=S)NC(=O)c1ccccc1OCCc1ccccc1)c1ccccc1. The van der Waals surface area contributed by atoms with Crippen molar-refractivity contribution >= 4 is 28.9 Å². The maximum atomic E-state index is 12.9. The highest BCUT2D eigenvalue weighted by Gasteiger charge is 2.17. The smallest absolute Gasteiger partial charge is 0.261 e. The van der Waals surface area contributed by atoms with Crippen molar-refractivity contribution in [3.8, 4) is 5.75 Å². The molecule has 0 atom stereocenters. The summed E-state index contributed by atoms with van der Waals surface area (Å²) >= 11 is 5.48. The van der Waals surface area contributed by atoms with Gasteiger partial charge in [0.05, 0.1) is 12.2 Å². The van der Waals surface area contributed by atoms with E-state index < -0.39 is 0 Å². The van der Waals surface area contributed by atoms with Gasteiger partial charge in [-0.25, -0.2) is 0 Å². The number of anilines is 1. The first kappa shape index (κ1) is 20.6. The molecular formula is C24H24N2O2S. The molecule has 1 N–H and O–H groups in total. The Kier molecular flexibility index (Phi) is 7.36. The zero-order valence-corrected chi connectivity index (χ0v) is 17.2. The fourth-order valence-electron chi connectivity index (χ4n) is 2.99. The monoisotopic (exact) mass is 404 g/mol. The number of para-hydroxylation sites is 2. The molecule has 29 heavy (non-hydrogen) atoms. The van der Waals surface area contributed by atoms with Crippen molar-refractivity contribution in [2.45, 2.75) is 13.3 Å². The van der Waals surface area contributed by atoms with Crippen molar-refractivity contribution in [3.63, 3.8) is 0 Å². The van der Waals surface area contributed by atoms with Crippen LogP contribution >= 0.6 is 12.2 Å². The van der Waals surface area contributed by atoms with Crippen LogP contribution in [0.1, 0.15) is 22.8 Å². The molecular weight excluding hydrogens is 380 g/mol. The lowest BCUT2D eigenvalue weighted by molar-refractivity contribution is 0.0973. The van der Waals surface area contributed by atoms with E-state index in [0.717, 1.165) is 12.1 Å². The summed E-state index contributed by atoms with van der Waals surface area (Å²) < 4.78 is 5.90. The molecule has 0 heterocycles. The maximum Gasteiger partial charge on any atom is 0.261 e. The Bertz CT molecular complexity index is 945. The average Bonchev–Trinajstić information content (AvgIpc) is 2.76. The number of hydrogen-bond acceptors (Lipinski definition) is 3. The first-order valence-corrected chi connectivity index (χ1v) is 10.0. The van der Waals surface area contributed by atoms with Crippen molar-refractivity contribution in [1.29, 1.82) is 0 Å². The van der Waals surface area contributed by atoms with E-state index in [1.807, 2.05) is 72.5 Å². The number of hydrogen-bond donors (Lipinski definition) is 1. The molecule has 3 aromatic rings. The summed E-state index contributed by atoms with van der Waals surface area (Å²) in [5, 5.41) is 3.20. The first-order chi connectivity index (χ1) is 14.2. The van der Waals surface area contributed by atoms with Crippen LogP contribution in [-0.2, 0) is 6.42 Å². The molecule has 3 rings (SSSR count). The highest BCUT2D eigenvalue weighted by Crippen LogP contribution is 2.19. The second-order valence-corrected chi connectivity index (χ2v) is 6.81. The van der Waals surface area contributed by atoms with Crippen LogP contribution in [0.5, 0.6) is 5.75 Å². The van der Waals surface area contributed by atoms with Gasteiger partial charge in [0, 0.05) is 18.7 Å². The Labute approximate surface area is 177 Å². The van der Waals surface area contributed by atoms with Gasteiger partial charge in [0.2, 0.25) is 0 Å². The lowest BCUT2D eigenvalue weighted by atomic mass is 10.1. The van der Waals surface area contributed by atoms with Gasteiger partial charge < -0.3 is 9.64 Å². The number of ether oxygens (including phenoxy) is 1. The van der Waals surface area contributed by atoms with Crippen LogP contribution in [0.15, 0.2) is 84.9 Å². The number of carbonyl (C=O) groups is 1. The van der Waals surface area contributed by atoms with Gasteiger partial charge in [-0.15, -0.1) is 0 Å². The van der Waals surface area contributed by atoms with Gasteiger partial charge in [-0.1, -0.05) is 60.7 Å². The molecule has 0 radical (unpaired) electrons. The summed E-state index contributed by atoms with van der Waals surface area (Å²) in [6.45, 7) is 3.13. The molecule has 3 aromatic carbocycles. The van der Waals surface area contributed by atoms with Crippen molar-refractivity contribution in [2.75, 3.05) is 18.1 Å². The number of carbonyl (C=O) groups excluding carboxylic acids is 1. The van der Waals surface area contributed by atoms with Crippen molar-refractivity contribution < 1.29 is 9.53 Å². The van der Waals surface area contributed by atoms with Gasteiger partial charge in [-0.3, -0.25) is 10.1 Å². The maximum absolute atomic E-state index is 12.9. The summed E-state index contributed by atoms with van der Waals surface area (Å²) in [4.78, 5) is 14.7. The van der Waals surface area contributed by atoms with Gasteiger partial charge in [-0.05, 0) is 49.0 Å². The van der Waals surface area contributed by atoms with Crippen LogP contribution in [0.3, 0.4) is 0 Å². The van der Waals surface area contributed by atoms with Crippen molar-refractivity contribution in [3.05, 3.63) is 96.1 Å². The van der Waals surface area contributed by atoms with E-state index in [9.17, 15) is 4.79 Å². The van der Waals surface area contributed by atoms with E-state index in [1.54, 1.807) is 12.1 Å². The number of benzene rings is 3. The lowest BCUT2D eigenvalue weighted by Crippen LogP contribution is -2.42. The van der Waals surface area contributed by atoms with Gasteiger partial charge in [0.1, 0.15) is 5.75 Å². The van der Waals surface area contributed by atoms with Gasteiger partial charge in [0.25, 0.3) is 5.91 Å². The molecule has 5 heteroatoms. The standard InChI is InChI=1S/C24H24N2O2S/c1-2-26(20-13-7-4-8-14-20)24(29)25-23(27)21-15-9-10-16-22(21)28-18-17-19-11-5-3-6-12-19/h3-16H,2,17-18H2,1H3,(H,25,27,29). The summed E-state index contributed by atoms with van der Waals surface area (Å²) in [6.07, 6.45) is 0.771. The molecule has 148 valence electrons. The molecule has 0 saturated carbocycles. The molecule has 0 aromatic heterocycles. The summed E-state index contributed by atoms with van der Waals surface area (Å²) in [7, 11) is 0. The van der Waals surface area contributed by atoms with Gasteiger partial charge >= 0.3 is 0 Å². The number of nitrogens with one attached hydrogen (secondary N) is 1. The predicted molar refractivity (Wildman–Crippen MR) is 122 cm³/mol. The molecule has 0 saturated heterocycles. The van der Waals surface area contributed by atoms with E-state index in [1.165, 1.54) is 5.56 Å². The van der Waals surface area contributed by atoms with Crippen molar-refractivity contribution in [1.82, 2.24) is 5.32 Å². The summed E-state index contributed by atoms with van der Waals surface area (Å²) in [6, 6.07) is 27.1. The number of nitrogens with zero attached hydrogens (tertiary/aromatic N) is 1. The van der Waals surface area contributed by atoms with E-state index in [-0.39, 0.29) is 5.91 Å². The third-order valence-electron chi connectivity index (χ3n) is 4.47. The predicted octanol–water partition coefficient (Wildman–Crippen LogP) is 4.85. The molecule has 4 nitrogen and oxygen atoms in total. The molecule has 0 unspecified atom stereocenters. The minimum Gasteiger partial charge on any atom is -0.492 e. The number of thiocarbonyl (C=S) groups is 1. The van der Waals surface area contributed by atoms with Gasteiger partial charge in [-0.2, -0.15) is 0 Å². The summed E-state index contributed by atoms with van der Waals surface area (Å²) in [5.41, 5.74) is 2.59. The molecule has 0 bridgehead atoms. The van der Waals surface area contributed by atoms with E-state index >= 15 is 0 Å². The lowest BCUT2D eigenvalue weighted by Gasteiger charge is -2.24. The fraction of sp³-hybridized carbons (Fsp3) is 0.167. The summed E-state index contributed by atoms with van der Waals surface area (Å²) in [5.74, 6) is 0.270. The molecule has 0 aliphatic rings. The molecule has 1 amide bonds. The molecule has 0 aliphatic heterocycles. The second kappa shape index (κ2) is 10.4. The zero-order valence-electron chi connectivity index (χ0n) is 16.4. The first-order valence-electron chi connectivity index (χ1n) is 9.62. The Morgan fingerprint density at radius 3 is 2.24 bits per heavy atom. The topological polar surface area (TPSA) is 41.6 Å². The quantitative estimate of drug-likeness (QED) is 0.572. The van der Waals surface area contributed by atoms with Crippen LogP contribution in [0.2, 0.25) is 0 Å². The van der Waals surface area contributed by atoms with Crippen LogP contribution < -0.4 is 15.0 Å². The number of amides is 1. The van der Waals surface area contributed by atoms with E-state index in [4.69, 9.17) is 17.0 Å². The normalized spacial score (nSPS) is 10.2. The largest absolute Gasteiger partial charge is 0.492 e. The van der Waals surface area contributed by atoms with Crippen LogP contribution in [0.4, 0.5) is 5.69 Å².